The number of anilines is 1. The van der Waals surface area contributed by atoms with Gasteiger partial charge in [-0.15, -0.1) is 0 Å². The zero-order chi connectivity index (χ0) is 17.3. The Hall–Kier alpha value is -2.83. The predicted octanol–water partition coefficient (Wildman–Crippen LogP) is 4.30. The molecular weight excluding hydrogens is 317 g/mol. The fraction of sp³-hybridized carbons (Fsp3) is 0.176. The number of aromatic nitrogens is 3. The second-order valence-electron chi connectivity index (χ2n) is 5.35. The van der Waals surface area contributed by atoms with Crippen LogP contribution in [0.1, 0.15) is 11.1 Å². The van der Waals surface area contributed by atoms with Gasteiger partial charge in [0.25, 0.3) is 0 Å². The molecule has 2 aromatic heterocycles. The summed E-state index contributed by atoms with van der Waals surface area (Å²) < 4.78 is 40.6. The summed E-state index contributed by atoms with van der Waals surface area (Å²) in [4.78, 5) is 8.22. The highest BCUT2D eigenvalue weighted by atomic mass is 19.4. The van der Waals surface area contributed by atoms with Gasteiger partial charge in [0, 0.05) is 31.1 Å². The van der Waals surface area contributed by atoms with Crippen molar-refractivity contribution in [2.24, 2.45) is 0 Å². The number of alkyl halides is 3. The van der Waals surface area contributed by atoms with Crippen LogP contribution in [0, 0.1) is 6.92 Å². The summed E-state index contributed by atoms with van der Waals surface area (Å²) in [6, 6.07) is 7.28. The Morgan fingerprint density at radius 3 is 2.58 bits per heavy atom. The molecule has 0 bridgehead atoms. The van der Waals surface area contributed by atoms with Gasteiger partial charge in [0.05, 0.1) is 5.56 Å². The van der Waals surface area contributed by atoms with Gasteiger partial charge < -0.3 is 9.88 Å². The van der Waals surface area contributed by atoms with Crippen LogP contribution in [0.15, 0.2) is 49.1 Å². The van der Waals surface area contributed by atoms with Gasteiger partial charge in [-0.25, -0.2) is 9.97 Å². The van der Waals surface area contributed by atoms with Gasteiger partial charge in [0.1, 0.15) is 18.0 Å². The Bertz CT molecular complexity index is 868. The molecular formula is C17H15F3N4. The van der Waals surface area contributed by atoms with Gasteiger partial charge in [-0.2, -0.15) is 13.2 Å². The monoisotopic (exact) mass is 332 g/mol. The van der Waals surface area contributed by atoms with E-state index >= 15 is 0 Å². The molecule has 4 nitrogen and oxygen atoms in total. The minimum Gasteiger partial charge on any atom is -0.373 e. The van der Waals surface area contributed by atoms with Crippen LogP contribution >= 0.6 is 0 Å². The number of benzene rings is 1. The molecule has 0 unspecified atom stereocenters. The van der Waals surface area contributed by atoms with E-state index in [-0.39, 0.29) is 0 Å². The molecule has 0 atom stereocenters. The van der Waals surface area contributed by atoms with E-state index in [0.29, 0.717) is 22.8 Å². The summed E-state index contributed by atoms with van der Waals surface area (Å²) >= 11 is 0. The van der Waals surface area contributed by atoms with Crippen molar-refractivity contribution in [1.29, 1.82) is 0 Å². The number of rotatable bonds is 3. The molecule has 3 aromatic rings. The SMILES string of the molecule is CNc1cc(-n2ccc(-c3cc(C(F)(F)F)ccc3C)c2)ncn1. The van der Waals surface area contributed by atoms with E-state index in [1.807, 2.05) is 0 Å². The van der Waals surface area contributed by atoms with Crippen LogP contribution in [0.2, 0.25) is 0 Å². The average Bonchev–Trinajstić information content (AvgIpc) is 3.04. The molecule has 3 rings (SSSR count). The molecule has 0 radical (unpaired) electrons. The Morgan fingerprint density at radius 2 is 1.88 bits per heavy atom. The lowest BCUT2D eigenvalue weighted by Crippen LogP contribution is -2.05. The van der Waals surface area contributed by atoms with Crippen LogP contribution in [-0.2, 0) is 6.18 Å². The van der Waals surface area contributed by atoms with E-state index in [9.17, 15) is 13.2 Å². The predicted molar refractivity (Wildman–Crippen MR) is 86.1 cm³/mol. The van der Waals surface area contributed by atoms with Crippen LogP contribution in [0.4, 0.5) is 19.0 Å². The lowest BCUT2D eigenvalue weighted by atomic mass is 10.00. The van der Waals surface area contributed by atoms with Crippen molar-refractivity contribution < 1.29 is 13.2 Å². The zero-order valence-corrected chi connectivity index (χ0v) is 13.1. The fourth-order valence-corrected chi connectivity index (χ4v) is 2.43. The maximum absolute atomic E-state index is 12.9. The standard InChI is InChI=1S/C17H15F3N4/c1-11-3-4-13(17(18,19)20)7-14(11)12-5-6-24(9-12)16-8-15(21-2)22-10-23-16/h3-10H,1-2H3,(H,21,22,23). The summed E-state index contributed by atoms with van der Waals surface area (Å²) in [5, 5.41) is 2.92. The van der Waals surface area contributed by atoms with Gasteiger partial charge in [-0.3, -0.25) is 0 Å². The number of aryl methyl sites for hydroxylation is 1. The topological polar surface area (TPSA) is 42.7 Å². The molecule has 0 spiro atoms. The van der Waals surface area contributed by atoms with Gasteiger partial charge in [0.15, 0.2) is 0 Å². The van der Waals surface area contributed by atoms with E-state index in [1.54, 1.807) is 43.1 Å². The first-order chi connectivity index (χ1) is 11.4. The smallest absolute Gasteiger partial charge is 0.373 e. The van der Waals surface area contributed by atoms with Crippen LogP contribution in [0.5, 0.6) is 0 Å². The van der Waals surface area contributed by atoms with Crippen LogP contribution in [0.25, 0.3) is 16.9 Å². The second-order valence-corrected chi connectivity index (χ2v) is 5.35. The molecule has 2 heterocycles. The third kappa shape index (κ3) is 3.10. The van der Waals surface area contributed by atoms with E-state index in [4.69, 9.17) is 0 Å². The molecule has 1 aromatic carbocycles. The van der Waals surface area contributed by atoms with Crippen molar-refractivity contribution >= 4 is 5.82 Å². The second kappa shape index (κ2) is 5.99. The Morgan fingerprint density at radius 1 is 1.08 bits per heavy atom. The molecule has 0 saturated carbocycles. The van der Waals surface area contributed by atoms with Crippen molar-refractivity contribution in [3.8, 4) is 16.9 Å². The number of nitrogens with zero attached hydrogens (tertiary/aromatic N) is 3. The van der Waals surface area contributed by atoms with Crippen LogP contribution < -0.4 is 5.32 Å². The number of nitrogens with one attached hydrogen (secondary N) is 1. The largest absolute Gasteiger partial charge is 0.416 e. The highest BCUT2D eigenvalue weighted by Crippen LogP contribution is 2.34. The first kappa shape index (κ1) is 16.0. The summed E-state index contributed by atoms with van der Waals surface area (Å²) in [7, 11) is 1.75. The lowest BCUT2D eigenvalue weighted by molar-refractivity contribution is -0.137. The van der Waals surface area contributed by atoms with Crippen molar-refractivity contribution in [3.63, 3.8) is 0 Å². The maximum Gasteiger partial charge on any atom is 0.416 e. The Balaban J connectivity index is 2.02. The first-order valence-electron chi connectivity index (χ1n) is 7.25. The highest BCUT2D eigenvalue weighted by Gasteiger charge is 2.30. The van der Waals surface area contributed by atoms with E-state index in [0.717, 1.165) is 11.6 Å². The summed E-state index contributed by atoms with van der Waals surface area (Å²) in [6.45, 7) is 1.79. The molecule has 0 fully saturated rings. The molecule has 0 aliphatic heterocycles. The van der Waals surface area contributed by atoms with Gasteiger partial charge in [-0.05, 0) is 36.2 Å². The normalized spacial score (nSPS) is 11.5. The van der Waals surface area contributed by atoms with Gasteiger partial charge in [-0.1, -0.05) is 6.07 Å². The molecule has 1 N–H and O–H groups in total. The van der Waals surface area contributed by atoms with Crippen LogP contribution in [-0.4, -0.2) is 21.6 Å². The third-order valence-electron chi connectivity index (χ3n) is 3.74. The first-order valence-corrected chi connectivity index (χ1v) is 7.25. The van der Waals surface area contributed by atoms with E-state index in [1.165, 1.54) is 18.5 Å². The molecule has 24 heavy (non-hydrogen) atoms. The number of hydrogen-bond donors (Lipinski definition) is 1. The number of hydrogen-bond acceptors (Lipinski definition) is 3. The highest BCUT2D eigenvalue weighted by molar-refractivity contribution is 5.68. The third-order valence-corrected chi connectivity index (χ3v) is 3.74. The quantitative estimate of drug-likeness (QED) is 0.777. The molecule has 0 aliphatic rings. The Kier molecular flexibility index (Phi) is 4.01. The minimum absolute atomic E-state index is 0.548. The molecule has 0 saturated heterocycles. The van der Waals surface area contributed by atoms with Crippen molar-refractivity contribution in [1.82, 2.24) is 14.5 Å². The van der Waals surface area contributed by atoms with Crippen LogP contribution in [0.3, 0.4) is 0 Å². The maximum atomic E-state index is 12.9. The van der Waals surface area contributed by atoms with E-state index in [2.05, 4.69) is 15.3 Å². The van der Waals surface area contributed by atoms with E-state index < -0.39 is 11.7 Å². The lowest BCUT2D eigenvalue weighted by Gasteiger charge is -2.10. The van der Waals surface area contributed by atoms with Crippen molar-refractivity contribution in [2.45, 2.75) is 13.1 Å². The average molecular weight is 332 g/mol. The molecule has 0 aliphatic carbocycles. The fourth-order valence-electron chi connectivity index (χ4n) is 2.43. The summed E-state index contributed by atoms with van der Waals surface area (Å²) in [5.41, 5.74) is 1.37. The van der Waals surface area contributed by atoms with Crippen molar-refractivity contribution in [2.75, 3.05) is 12.4 Å². The van der Waals surface area contributed by atoms with Gasteiger partial charge in [0.2, 0.25) is 0 Å². The molecule has 124 valence electrons. The molecule has 7 heteroatoms. The Labute approximate surface area is 137 Å². The number of halogens is 3. The van der Waals surface area contributed by atoms with Gasteiger partial charge >= 0.3 is 6.18 Å². The summed E-state index contributed by atoms with van der Waals surface area (Å²) in [5.74, 6) is 1.29. The minimum atomic E-state index is -4.36. The zero-order valence-electron chi connectivity index (χ0n) is 13.1. The molecule has 0 amide bonds. The summed E-state index contributed by atoms with van der Waals surface area (Å²) in [6.07, 6.45) is 0.580. The van der Waals surface area contributed by atoms with Crippen molar-refractivity contribution in [3.05, 3.63) is 60.2 Å².